The normalized spacial score (nSPS) is 16.6. The van der Waals surface area contributed by atoms with Crippen LogP contribution in [0.25, 0.3) is 11.4 Å². The largest absolute Gasteiger partial charge is 0.435 e. The Morgan fingerprint density at radius 3 is 2.33 bits per heavy atom. The van der Waals surface area contributed by atoms with E-state index in [1.54, 1.807) is 7.05 Å². The molecule has 0 amide bonds. The first-order chi connectivity index (χ1) is 12.5. The van der Waals surface area contributed by atoms with Gasteiger partial charge in [-0.1, -0.05) is 6.08 Å². The maximum atomic E-state index is 13.5. The molecule has 0 spiro atoms. The Morgan fingerprint density at radius 1 is 1.15 bits per heavy atom. The fourth-order valence-electron chi connectivity index (χ4n) is 2.97. The van der Waals surface area contributed by atoms with Gasteiger partial charge in [0.2, 0.25) is 0 Å². The highest BCUT2D eigenvalue weighted by Crippen LogP contribution is 2.40. The lowest BCUT2D eigenvalue weighted by Crippen LogP contribution is -2.37. The average molecular weight is 394 g/mol. The zero-order valence-electron chi connectivity index (χ0n) is 14.1. The van der Waals surface area contributed by atoms with Crippen LogP contribution in [0.1, 0.15) is 17.7 Å². The summed E-state index contributed by atoms with van der Waals surface area (Å²) in [6.07, 6.45) is -6.28. The quantitative estimate of drug-likeness (QED) is 0.814. The van der Waals surface area contributed by atoms with Crippen molar-refractivity contribution in [3.05, 3.63) is 29.6 Å². The molecule has 12 heteroatoms. The van der Waals surface area contributed by atoms with Gasteiger partial charge in [0.1, 0.15) is 5.82 Å². The number of anilines is 1. The number of nitrogens with two attached hydrogens (primary N) is 1. The Kier molecular flexibility index (Phi) is 4.70. The fourth-order valence-corrected chi connectivity index (χ4v) is 2.97. The first-order valence-corrected chi connectivity index (χ1v) is 7.90. The van der Waals surface area contributed by atoms with Crippen molar-refractivity contribution in [2.24, 2.45) is 7.05 Å². The molecule has 3 heterocycles. The molecule has 0 fully saturated rings. The average Bonchev–Trinajstić information content (AvgIpc) is 3.10. The molecule has 0 atom stereocenters. The Hall–Kier alpha value is -2.50. The van der Waals surface area contributed by atoms with Crippen LogP contribution in [0, 0.1) is 0 Å². The zero-order chi connectivity index (χ0) is 20.0. The predicted octanol–water partition coefficient (Wildman–Crippen LogP) is 2.86. The van der Waals surface area contributed by atoms with Crippen molar-refractivity contribution in [3.63, 3.8) is 0 Å². The Morgan fingerprint density at radius 2 is 1.85 bits per heavy atom. The summed E-state index contributed by atoms with van der Waals surface area (Å²) < 4.78 is 80.2. The maximum absolute atomic E-state index is 13.5. The van der Waals surface area contributed by atoms with Gasteiger partial charge < -0.3 is 5.73 Å². The lowest BCUT2D eigenvalue weighted by atomic mass is 9.98. The van der Waals surface area contributed by atoms with Gasteiger partial charge in [-0.3, -0.25) is 9.58 Å². The Labute approximate surface area is 149 Å². The molecular formula is C15H16F6N6. The van der Waals surface area contributed by atoms with Gasteiger partial charge in [0.05, 0.1) is 12.1 Å². The molecular weight excluding hydrogens is 378 g/mol. The Balaban J connectivity index is 1.99. The monoisotopic (exact) mass is 394 g/mol. The fraction of sp³-hybridized carbons (Fsp3) is 0.467. The van der Waals surface area contributed by atoms with Crippen LogP contribution in [0.4, 0.5) is 32.2 Å². The second-order valence-corrected chi connectivity index (χ2v) is 6.20. The zero-order valence-corrected chi connectivity index (χ0v) is 14.1. The van der Waals surface area contributed by atoms with E-state index in [0.717, 1.165) is 9.58 Å². The third-order valence-corrected chi connectivity index (χ3v) is 4.12. The van der Waals surface area contributed by atoms with Crippen molar-refractivity contribution in [2.45, 2.75) is 18.8 Å². The van der Waals surface area contributed by atoms with E-state index in [4.69, 9.17) is 5.73 Å². The summed E-state index contributed by atoms with van der Waals surface area (Å²) in [5, 5.41) is 7.57. The second-order valence-electron chi connectivity index (χ2n) is 6.20. The molecule has 6 nitrogen and oxygen atoms in total. The summed E-state index contributed by atoms with van der Waals surface area (Å²) in [7, 11) is 1.59. The third kappa shape index (κ3) is 4.10. The van der Waals surface area contributed by atoms with Gasteiger partial charge >= 0.3 is 12.4 Å². The van der Waals surface area contributed by atoms with Crippen molar-refractivity contribution in [2.75, 3.05) is 25.4 Å². The van der Waals surface area contributed by atoms with Crippen LogP contribution in [0.2, 0.25) is 0 Å². The SMILES string of the molecule is Cn1ccc(-n2nc(C(F)(F)F)c(C3=CCN(CC(F)(F)F)CC3)c2N)n1. The van der Waals surface area contributed by atoms with Gasteiger partial charge in [-0.2, -0.15) is 41.2 Å². The van der Waals surface area contributed by atoms with Crippen LogP contribution < -0.4 is 5.73 Å². The molecule has 1 aliphatic rings. The molecule has 0 saturated heterocycles. The van der Waals surface area contributed by atoms with Crippen molar-refractivity contribution in [3.8, 4) is 5.82 Å². The van der Waals surface area contributed by atoms with E-state index in [9.17, 15) is 26.3 Å². The van der Waals surface area contributed by atoms with Crippen molar-refractivity contribution in [1.82, 2.24) is 24.5 Å². The highest BCUT2D eigenvalue weighted by atomic mass is 19.4. The molecule has 3 rings (SSSR count). The molecule has 0 bridgehead atoms. The molecule has 0 aliphatic carbocycles. The van der Waals surface area contributed by atoms with Gasteiger partial charge in [0.15, 0.2) is 11.5 Å². The van der Waals surface area contributed by atoms with Crippen LogP contribution in [-0.2, 0) is 13.2 Å². The maximum Gasteiger partial charge on any atom is 0.435 e. The highest BCUT2D eigenvalue weighted by Gasteiger charge is 2.41. The summed E-state index contributed by atoms with van der Waals surface area (Å²) in [4.78, 5) is 1.11. The first kappa shape index (κ1) is 19.3. The number of nitrogens with zero attached hydrogens (tertiary/aromatic N) is 5. The van der Waals surface area contributed by atoms with Gasteiger partial charge in [0, 0.05) is 32.4 Å². The molecule has 148 valence electrons. The van der Waals surface area contributed by atoms with Crippen LogP contribution in [-0.4, -0.2) is 50.3 Å². The minimum Gasteiger partial charge on any atom is -0.383 e. The molecule has 2 N–H and O–H groups in total. The van der Waals surface area contributed by atoms with Gasteiger partial charge in [-0.05, 0) is 12.0 Å². The Bertz CT molecular complexity index is 859. The van der Waals surface area contributed by atoms with E-state index in [-0.39, 0.29) is 42.3 Å². The molecule has 1 aliphatic heterocycles. The van der Waals surface area contributed by atoms with Gasteiger partial charge in [-0.25, -0.2) is 0 Å². The number of hydrogen-bond acceptors (Lipinski definition) is 4. The van der Waals surface area contributed by atoms with Gasteiger partial charge in [0.25, 0.3) is 0 Å². The van der Waals surface area contributed by atoms with Crippen LogP contribution in [0.3, 0.4) is 0 Å². The minimum absolute atomic E-state index is 0.00271. The van der Waals surface area contributed by atoms with Crippen molar-refractivity contribution >= 4 is 11.4 Å². The summed E-state index contributed by atoms with van der Waals surface area (Å²) in [5.74, 6) is -0.140. The third-order valence-electron chi connectivity index (χ3n) is 4.12. The van der Waals surface area contributed by atoms with Crippen molar-refractivity contribution < 1.29 is 26.3 Å². The molecule has 27 heavy (non-hydrogen) atoms. The number of alkyl halides is 6. The van der Waals surface area contributed by atoms with Crippen LogP contribution in [0.5, 0.6) is 0 Å². The summed E-state index contributed by atoms with van der Waals surface area (Å²) in [6.45, 7) is -1.28. The van der Waals surface area contributed by atoms with Crippen LogP contribution >= 0.6 is 0 Å². The lowest BCUT2D eigenvalue weighted by Gasteiger charge is -2.27. The summed E-state index contributed by atoms with van der Waals surface area (Å²) >= 11 is 0. The topological polar surface area (TPSA) is 64.9 Å². The predicted molar refractivity (Wildman–Crippen MR) is 84.8 cm³/mol. The number of halogens is 6. The first-order valence-electron chi connectivity index (χ1n) is 7.90. The lowest BCUT2D eigenvalue weighted by molar-refractivity contribution is -0.144. The molecule has 0 aromatic carbocycles. The van der Waals surface area contributed by atoms with Crippen molar-refractivity contribution in [1.29, 1.82) is 0 Å². The smallest absolute Gasteiger partial charge is 0.383 e. The number of aromatic nitrogens is 4. The number of hydrogen-bond donors (Lipinski definition) is 1. The van der Waals surface area contributed by atoms with E-state index in [1.165, 1.54) is 23.0 Å². The van der Waals surface area contributed by atoms with E-state index in [2.05, 4.69) is 10.2 Å². The summed E-state index contributed by atoms with van der Waals surface area (Å²) in [6, 6.07) is 1.45. The second kappa shape index (κ2) is 6.59. The molecule has 0 unspecified atom stereocenters. The van der Waals surface area contributed by atoms with E-state index >= 15 is 0 Å². The number of nitrogen functional groups attached to an aromatic ring is 1. The van der Waals surface area contributed by atoms with E-state index in [0.29, 0.717) is 0 Å². The molecule has 2 aromatic rings. The van der Waals surface area contributed by atoms with E-state index < -0.39 is 24.6 Å². The molecule has 2 aromatic heterocycles. The number of aryl methyl sites for hydroxylation is 1. The standard InChI is InChI=1S/C15H16F6N6/c1-25-5-4-10(23-25)27-13(22)11(12(24-27)15(19,20)21)9-2-6-26(7-3-9)8-14(16,17)18/h2,4-5H,3,6-8,22H2,1H3. The molecule has 0 saturated carbocycles. The summed E-state index contributed by atoms with van der Waals surface area (Å²) in [5.41, 5.74) is 4.66. The minimum atomic E-state index is -4.77. The van der Waals surface area contributed by atoms with Gasteiger partial charge in [-0.15, -0.1) is 0 Å². The number of rotatable bonds is 3. The molecule has 0 radical (unpaired) electrons. The highest BCUT2D eigenvalue weighted by molar-refractivity contribution is 5.77. The van der Waals surface area contributed by atoms with Crippen LogP contribution in [0.15, 0.2) is 18.3 Å². The van der Waals surface area contributed by atoms with E-state index in [1.807, 2.05) is 0 Å².